The van der Waals surface area contributed by atoms with Gasteiger partial charge in [0.05, 0.1) is 0 Å². The molecule has 1 atom stereocenters. The van der Waals surface area contributed by atoms with Gasteiger partial charge in [0.1, 0.15) is 11.8 Å². The summed E-state index contributed by atoms with van der Waals surface area (Å²) in [6.07, 6.45) is 1.04. The summed E-state index contributed by atoms with van der Waals surface area (Å²) in [5.74, 6) is -0.996. The highest BCUT2D eigenvalue weighted by molar-refractivity contribution is 5.94. The van der Waals surface area contributed by atoms with Crippen molar-refractivity contribution >= 4 is 17.7 Å². The molecule has 0 saturated carbocycles. The molecular formula is C14H20N2O4. The molecule has 0 aliphatic heterocycles. The number of benzene rings is 1. The third-order valence-electron chi connectivity index (χ3n) is 2.88. The van der Waals surface area contributed by atoms with Crippen molar-refractivity contribution in [2.75, 3.05) is 11.4 Å². The van der Waals surface area contributed by atoms with Crippen molar-refractivity contribution in [2.45, 2.75) is 32.7 Å². The van der Waals surface area contributed by atoms with Crippen LogP contribution in [0.1, 0.15) is 26.7 Å². The number of carbonyl (C=O) groups is 2. The van der Waals surface area contributed by atoms with Crippen LogP contribution in [0.2, 0.25) is 0 Å². The summed E-state index contributed by atoms with van der Waals surface area (Å²) in [6.45, 7) is 4.00. The number of aliphatic carboxylic acids is 1. The first-order chi connectivity index (χ1) is 9.49. The molecule has 2 amide bonds. The summed E-state index contributed by atoms with van der Waals surface area (Å²) in [4.78, 5) is 24.6. The third kappa shape index (κ3) is 4.15. The van der Waals surface area contributed by atoms with Crippen LogP contribution < -0.4 is 10.2 Å². The second-order valence-corrected chi connectivity index (χ2v) is 4.39. The quantitative estimate of drug-likeness (QED) is 0.745. The highest BCUT2D eigenvalue weighted by atomic mass is 16.4. The number of carbonyl (C=O) groups excluding carboxylic acids is 1. The molecule has 0 unspecified atom stereocenters. The van der Waals surface area contributed by atoms with E-state index in [-0.39, 0.29) is 5.75 Å². The maximum Gasteiger partial charge on any atom is 0.326 e. The molecule has 0 heterocycles. The lowest BCUT2D eigenvalue weighted by atomic mass is 10.2. The number of aromatic hydroxyl groups is 1. The first-order valence-electron chi connectivity index (χ1n) is 6.59. The number of anilines is 1. The second kappa shape index (κ2) is 7.37. The number of hydrogen-bond acceptors (Lipinski definition) is 3. The number of hydrogen-bond donors (Lipinski definition) is 3. The predicted octanol–water partition coefficient (Wildman–Crippen LogP) is 2.18. The number of nitrogens with zero attached hydrogens (tertiary/aromatic N) is 1. The molecule has 6 nitrogen and oxygen atoms in total. The number of carboxylic acids is 1. The molecule has 3 N–H and O–H groups in total. The van der Waals surface area contributed by atoms with Crippen LogP contribution >= 0.6 is 0 Å². The normalized spacial score (nSPS) is 11.7. The fourth-order valence-corrected chi connectivity index (χ4v) is 1.88. The van der Waals surface area contributed by atoms with E-state index in [1.165, 1.54) is 17.0 Å². The molecule has 1 aromatic carbocycles. The maximum absolute atomic E-state index is 12.1. The molecule has 0 saturated heterocycles. The minimum Gasteiger partial charge on any atom is -0.508 e. The summed E-state index contributed by atoms with van der Waals surface area (Å²) >= 11 is 0. The molecule has 0 bridgehead atoms. The van der Waals surface area contributed by atoms with Crippen LogP contribution in [-0.4, -0.2) is 34.8 Å². The molecule has 0 aliphatic rings. The minimum atomic E-state index is -1.05. The van der Waals surface area contributed by atoms with Crippen molar-refractivity contribution < 1.29 is 19.8 Å². The highest BCUT2D eigenvalue weighted by Crippen LogP contribution is 2.20. The van der Waals surface area contributed by atoms with Gasteiger partial charge in [-0.1, -0.05) is 19.4 Å². The van der Waals surface area contributed by atoms with E-state index in [4.69, 9.17) is 5.11 Å². The monoisotopic (exact) mass is 280 g/mol. The molecule has 0 fully saturated rings. The van der Waals surface area contributed by atoms with Crippen LogP contribution in [0.3, 0.4) is 0 Å². The molecule has 1 rings (SSSR count). The van der Waals surface area contributed by atoms with Crippen LogP contribution in [0, 0.1) is 0 Å². The Morgan fingerprint density at radius 1 is 1.35 bits per heavy atom. The van der Waals surface area contributed by atoms with E-state index >= 15 is 0 Å². The topological polar surface area (TPSA) is 89.9 Å². The van der Waals surface area contributed by atoms with Crippen LogP contribution in [0.25, 0.3) is 0 Å². The lowest BCUT2D eigenvalue weighted by Crippen LogP contribution is -2.48. The molecule has 0 aromatic heterocycles. The fraction of sp³-hybridized carbons (Fsp3) is 0.429. The van der Waals surface area contributed by atoms with Gasteiger partial charge in [-0.05, 0) is 25.5 Å². The van der Waals surface area contributed by atoms with Crippen molar-refractivity contribution in [1.29, 1.82) is 0 Å². The van der Waals surface area contributed by atoms with Crippen LogP contribution in [-0.2, 0) is 4.79 Å². The van der Waals surface area contributed by atoms with Gasteiger partial charge in [0.25, 0.3) is 0 Å². The maximum atomic E-state index is 12.1. The lowest BCUT2D eigenvalue weighted by molar-refractivity contribution is -0.139. The molecule has 0 radical (unpaired) electrons. The number of phenols is 1. The van der Waals surface area contributed by atoms with Crippen LogP contribution in [0.4, 0.5) is 10.5 Å². The van der Waals surface area contributed by atoms with E-state index in [1.54, 1.807) is 19.1 Å². The van der Waals surface area contributed by atoms with Gasteiger partial charge in [-0.2, -0.15) is 0 Å². The lowest BCUT2D eigenvalue weighted by Gasteiger charge is -2.24. The van der Waals surface area contributed by atoms with Crippen molar-refractivity contribution in [3.63, 3.8) is 0 Å². The molecule has 0 aliphatic carbocycles. The van der Waals surface area contributed by atoms with Crippen molar-refractivity contribution in [3.05, 3.63) is 24.3 Å². The van der Waals surface area contributed by atoms with Gasteiger partial charge in [0.15, 0.2) is 0 Å². The molecule has 6 heteroatoms. The van der Waals surface area contributed by atoms with Gasteiger partial charge >= 0.3 is 12.0 Å². The average molecular weight is 280 g/mol. The molecular weight excluding hydrogens is 260 g/mol. The molecule has 1 aromatic rings. The highest BCUT2D eigenvalue weighted by Gasteiger charge is 2.22. The van der Waals surface area contributed by atoms with E-state index in [0.29, 0.717) is 25.1 Å². The second-order valence-electron chi connectivity index (χ2n) is 4.39. The Kier molecular flexibility index (Phi) is 5.83. The zero-order chi connectivity index (χ0) is 15.1. The Balaban J connectivity index is 2.84. The smallest absolute Gasteiger partial charge is 0.326 e. The molecule has 110 valence electrons. The SMILES string of the molecule is CCC[C@H](NC(=O)N(CC)c1cccc(O)c1)C(=O)O. The Labute approximate surface area is 118 Å². The van der Waals surface area contributed by atoms with E-state index in [9.17, 15) is 14.7 Å². The predicted molar refractivity (Wildman–Crippen MR) is 76.0 cm³/mol. The fourth-order valence-electron chi connectivity index (χ4n) is 1.88. The number of phenolic OH excluding ortho intramolecular Hbond substituents is 1. The van der Waals surface area contributed by atoms with E-state index in [2.05, 4.69) is 5.32 Å². The number of carboxylic acid groups (broad SMARTS) is 1. The Morgan fingerprint density at radius 2 is 2.05 bits per heavy atom. The van der Waals surface area contributed by atoms with Gasteiger partial charge < -0.3 is 15.5 Å². The number of nitrogens with one attached hydrogen (secondary N) is 1. The first-order valence-corrected chi connectivity index (χ1v) is 6.59. The van der Waals surface area contributed by atoms with Crippen molar-refractivity contribution in [2.24, 2.45) is 0 Å². The summed E-state index contributed by atoms with van der Waals surface area (Å²) in [6, 6.07) is 4.88. The van der Waals surface area contributed by atoms with Crippen molar-refractivity contribution in [1.82, 2.24) is 5.32 Å². The average Bonchev–Trinajstić information content (AvgIpc) is 2.39. The number of urea groups is 1. The van der Waals surface area contributed by atoms with Gasteiger partial charge in [0.2, 0.25) is 0 Å². The van der Waals surface area contributed by atoms with Gasteiger partial charge in [-0.25, -0.2) is 9.59 Å². The Hall–Kier alpha value is -2.24. The van der Waals surface area contributed by atoms with Gasteiger partial charge in [-0.15, -0.1) is 0 Å². The van der Waals surface area contributed by atoms with Crippen LogP contribution in [0.15, 0.2) is 24.3 Å². The third-order valence-corrected chi connectivity index (χ3v) is 2.88. The number of amides is 2. The minimum absolute atomic E-state index is 0.0529. The standard InChI is InChI=1S/C14H20N2O4/c1-3-6-12(13(18)19)15-14(20)16(4-2)10-7-5-8-11(17)9-10/h5,7-9,12,17H,3-4,6H2,1-2H3,(H,15,20)(H,18,19)/t12-/m0/s1. The van der Waals surface area contributed by atoms with E-state index in [0.717, 1.165) is 0 Å². The van der Waals surface area contributed by atoms with Gasteiger partial charge in [-0.3, -0.25) is 4.90 Å². The zero-order valence-corrected chi connectivity index (χ0v) is 11.7. The van der Waals surface area contributed by atoms with Gasteiger partial charge in [0, 0.05) is 18.3 Å². The summed E-state index contributed by atoms with van der Waals surface area (Å²) in [5, 5.41) is 21.0. The van der Waals surface area contributed by atoms with Crippen LogP contribution in [0.5, 0.6) is 5.75 Å². The number of rotatable bonds is 6. The molecule has 20 heavy (non-hydrogen) atoms. The van der Waals surface area contributed by atoms with E-state index in [1.807, 2.05) is 6.92 Å². The first kappa shape index (κ1) is 15.8. The summed E-state index contributed by atoms with van der Waals surface area (Å²) in [5.41, 5.74) is 0.519. The zero-order valence-electron chi connectivity index (χ0n) is 11.7. The van der Waals surface area contributed by atoms with Crippen molar-refractivity contribution in [3.8, 4) is 5.75 Å². The Bertz CT molecular complexity index is 476. The van der Waals surface area contributed by atoms with E-state index < -0.39 is 18.0 Å². The largest absolute Gasteiger partial charge is 0.508 e. The molecule has 0 spiro atoms. The Morgan fingerprint density at radius 3 is 2.55 bits per heavy atom. The summed E-state index contributed by atoms with van der Waals surface area (Å²) < 4.78 is 0. The summed E-state index contributed by atoms with van der Waals surface area (Å²) in [7, 11) is 0.